The predicted molar refractivity (Wildman–Crippen MR) is 69.1 cm³/mol. The molecule has 2 heterocycles. The van der Waals surface area contributed by atoms with Crippen LogP contribution in [0.1, 0.15) is 13.8 Å². The van der Waals surface area contributed by atoms with Crippen molar-refractivity contribution in [3.05, 3.63) is 0 Å². The second-order valence-electron chi connectivity index (χ2n) is 5.41. The Morgan fingerprint density at radius 2 is 0.727 bits per heavy atom. The van der Waals surface area contributed by atoms with E-state index in [2.05, 4.69) is 9.47 Å². The molecule has 132 valence electrons. The molecule has 0 radical (unpaired) electrons. The smallest absolute Gasteiger partial charge is 0.183 e. The van der Waals surface area contributed by atoms with Gasteiger partial charge in [-0.25, -0.2) is 0 Å². The highest BCUT2D eigenvalue weighted by Crippen LogP contribution is 2.19. The molecule has 0 saturated carbocycles. The standard InChI is InChI=1S/2C6H12O5/c2*1-2-3(7)4(8)5(9)6(10)11-2/h2*2-10H,1H3/t2*2-,3-,4+,5+,6+/m00/s1. The average Bonchev–Trinajstić information content (AvgIpc) is 2.47. The molecule has 10 atom stereocenters. The van der Waals surface area contributed by atoms with Crippen molar-refractivity contribution in [1.29, 1.82) is 0 Å². The van der Waals surface area contributed by atoms with Crippen LogP contribution in [0.2, 0.25) is 0 Å². The summed E-state index contributed by atoms with van der Waals surface area (Å²) in [6.45, 7) is 3.01. The maximum absolute atomic E-state index is 9.09. The molecule has 0 unspecified atom stereocenters. The van der Waals surface area contributed by atoms with Gasteiger partial charge < -0.3 is 50.3 Å². The fourth-order valence-corrected chi connectivity index (χ4v) is 2.06. The molecule has 0 aromatic heterocycles. The lowest BCUT2D eigenvalue weighted by molar-refractivity contribution is -0.277. The van der Waals surface area contributed by atoms with Crippen LogP contribution in [-0.2, 0) is 9.47 Å². The van der Waals surface area contributed by atoms with Gasteiger partial charge in [-0.2, -0.15) is 0 Å². The highest BCUT2D eigenvalue weighted by Gasteiger charge is 2.41. The Balaban J connectivity index is 0.000000220. The van der Waals surface area contributed by atoms with Crippen LogP contribution in [-0.4, -0.2) is 102 Å². The van der Waals surface area contributed by atoms with Crippen LogP contribution in [0.3, 0.4) is 0 Å². The van der Waals surface area contributed by atoms with Crippen LogP contribution in [0.4, 0.5) is 0 Å². The number of hydrogen-bond acceptors (Lipinski definition) is 10. The quantitative estimate of drug-likeness (QED) is 0.216. The van der Waals surface area contributed by atoms with Gasteiger partial charge in [0, 0.05) is 0 Å². The van der Waals surface area contributed by atoms with E-state index in [9.17, 15) is 0 Å². The molecular weight excluding hydrogens is 304 g/mol. The van der Waals surface area contributed by atoms with E-state index in [4.69, 9.17) is 40.9 Å². The lowest BCUT2D eigenvalue weighted by Crippen LogP contribution is -2.56. The number of ether oxygens (including phenoxy) is 2. The third-order valence-corrected chi connectivity index (χ3v) is 3.65. The fraction of sp³-hybridized carbons (Fsp3) is 1.00. The molecular formula is C12H24O10. The SMILES string of the molecule is C[C@@H]1O[C@@H](O)[C@H](O)[C@H](O)[C@H]1O.C[C@@H]1O[C@@H](O)[C@H](O)[C@H](O)[C@H]1O. The first kappa shape index (κ1) is 19.6. The van der Waals surface area contributed by atoms with Crippen molar-refractivity contribution in [3.8, 4) is 0 Å². The second-order valence-corrected chi connectivity index (χ2v) is 5.41. The van der Waals surface area contributed by atoms with Gasteiger partial charge in [-0.05, 0) is 13.8 Å². The third kappa shape index (κ3) is 4.32. The molecule has 2 aliphatic heterocycles. The van der Waals surface area contributed by atoms with Gasteiger partial charge in [-0.3, -0.25) is 0 Å². The molecule has 0 bridgehead atoms. The predicted octanol–water partition coefficient (Wildman–Crippen LogP) is -4.39. The van der Waals surface area contributed by atoms with E-state index >= 15 is 0 Å². The van der Waals surface area contributed by atoms with Crippen molar-refractivity contribution < 1.29 is 50.3 Å². The van der Waals surface area contributed by atoms with Gasteiger partial charge in [-0.15, -0.1) is 0 Å². The highest BCUT2D eigenvalue weighted by atomic mass is 16.6. The molecule has 22 heavy (non-hydrogen) atoms. The zero-order valence-electron chi connectivity index (χ0n) is 12.2. The number of rotatable bonds is 0. The summed E-state index contributed by atoms with van der Waals surface area (Å²) in [4.78, 5) is 0. The van der Waals surface area contributed by atoms with Gasteiger partial charge in [0.15, 0.2) is 12.6 Å². The summed E-state index contributed by atoms with van der Waals surface area (Å²) in [6.07, 6.45) is -12.0. The van der Waals surface area contributed by atoms with E-state index in [1.54, 1.807) is 0 Å². The molecule has 0 aliphatic carbocycles. The number of hydrogen-bond donors (Lipinski definition) is 8. The van der Waals surface area contributed by atoms with Crippen LogP contribution < -0.4 is 0 Å². The summed E-state index contributed by atoms with van der Waals surface area (Å²) < 4.78 is 9.35. The zero-order chi connectivity index (χ0) is 17.2. The Kier molecular flexibility index (Phi) is 7.08. The van der Waals surface area contributed by atoms with Crippen LogP contribution in [0.15, 0.2) is 0 Å². The van der Waals surface area contributed by atoms with E-state index in [0.29, 0.717) is 0 Å². The van der Waals surface area contributed by atoms with Gasteiger partial charge in [-0.1, -0.05) is 0 Å². The summed E-state index contributed by atoms with van der Waals surface area (Å²) in [5.74, 6) is 0. The minimum atomic E-state index is -1.43. The van der Waals surface area contributed by atoms with Gasteiger partial charge >= 0.3 is 0 Å². The van der Waals surface area contributed by atoms with Crippen LogP contribution >= 0.6 is 0 Å². The van der Waals surface area contributed by atoms with Gasteiger partial charge in [0.05, 0.1) is 12.2 Å². The molecule has 0 amide bonds. The lowest BCUT2D eigenvalue weighted by atomic mass is 10.0. The number of aliphatic hydroxyl groups is 8. The topological polar surface area (TPSA) is 180 Å². The van der Waals surface area contributed by atoms with Gasteiger partial charge in [0.25, 0.3) is 0 Å². The maximum Gasteiger partial charge on any atom is 0.183 e. The van der Waals surface area contributed by atoms with Crippen molar-refractivity contribution in [3.63, 3.8) is 0 Å². The molecule has 0 spiro atoms. The Labute approximate surface area is 126 Å². The molecule has 0 aromatic carbocycles. The monoisotopic (exact) mass is 328 g/mol. The third-order valence-electron chi connectivity index (χ3n) is 3.65. The molecule has 8 N–H and O–H groups in total. The molecule has 10 nitrogen and oxygen atoms in total. The maximum atomic E-state index is 9.09. The van der Waals surface area contributed by atoms with E-state index in [1.807, 2.05) is 0 Å². The first-order valence-electron chi connectivity index (χ1n) is 6.83. The summed E-state index contributed by atoms with van der Waals surface area (Å²) in [5, 5.41) is 72.0. The first-order chi connectivity index (χ1) is 10.1. The molecule has 2 fully saturated rings. The molecule has 10 heteroatoms. The van der Waals surface area contributed by atoms with E-state index < -0.39 is 61.4 Å². The van der Waals surface area contributed by atoms with Crippen molar-refractivity contribution in [2.75, 3.05) is 0 Å². The van der Waals surface area contributed by atoms with Crippen LogP contribution in [0.25, 0.3) is 0 Å². The van der Waals surface area contributed by atoms with Crippen LogP contribution in [0.5, 0.6) is 0 Å². The fourth-order valence-electron chi connectivity index (χ4n) is 2.06. The zero-order valence-corrected chi connectivity index (χ0v) is 12.2. The van der Waals surface area contributed by atoms with Crippen molar-refractivity contribution in [2.45, 2.75) is 75.3 Å². The van der Waals surface area contributed by atoms with Crippen molar-refractivity contribution in [2.24, 2.45) is 0 Å². The largest absolute Gasteiger partial charge is 0.388 e. The minimum absolute atomic E-state index is 0.664. The molecule has 2 aliphatic rings. The Hall–Kier alpha value is -0.400. The van der Waals surface area contributed by atoms with Crippen molar-refractivity contribution >= 4 is 0 Å². The second kappa shape index (κ2) is 7.93. The molecule has 2 rings (SSSR count). The first-order valence-corrected chi connectivity index (χ1v) is 6.83. The molecule has 2 saturated heterocycles. The minimum Gasteiger partial charge on any atom is -0.388 e. The van der Waals surface area contributed by atoms with Gasteiger partial charge in [0.2, 0.25) is 0 Å². The summed E-state index contributed by atoms with van der Waals surface area (Å²) >= 11 is 0. The van der Waals surface area contributed by atoms with E-state index in [0.717, 1.165) is 0 Å². The highest BCUT2D eigenvalue weighted by molar-refractivity contribution is 4.86. The summed E-state index contributed by atoms with van der Waals surface area (Å²) in [5.41, 5.74) is 0. The average molecular weight is 328 g/mol. The Morgan fingerprint density at radius 3 is 1.00 bits per heavy atom. The molecule has 0 aromatic rings. The van der Waals surface area contributed by atoms with Crippen molar-refractivity contribution in [1.82, 2.24) is 0 Å². The van der Waals surface area contributed by atoms with E-state index in [-0.39, 0.29) is 0 Å². The van der Waals surface area contributed by atoms with Crippen LogP contribution in [0, 0.1) is 0 Å². The number of aliphatic hydroxyl groups excluding tert-OH is 8. The van der Waals surface area contributed by atoms with E-state index in [1.165, 1.54) is 13.8 Å². The summed E-state index contributed by atoms with van der Waals surface area (Å²) in [6, 6.07) is 0. The Bertz CT molecular complexity index is 282. The lowest BCUT2D eigenvalue weighted by Gasteiger charge is -2.36. The normalized spacial score (nSPS) is 52.6. The van der Waals surface area contributed by atoms with Gasteiger partial charge in [0.1, 0.15) is 36.6 Å². The summed E-state index contributed by atoms with van der Waals surface area (Å²) in [7, 11) is 0. The Morgan fingerprint density at radius 1 is 0.455 bits per heavy atom.